The van der Waals surface area contributed by atoms with E-state index >= 15 is 0 Å². The van der Waals surface area contributed by atoms with Gasteiger partial charge in [0, 0.05) is 44.0 Å². The normalized spacial score (nSPS) is 17.6. The minimum atomic E-state index is 0.0696. The van der Waals surface area contributed by atoms with Crippen molar-refractivity contribution in [2.75, 3.05) is 39.5 Å². The van der Waals surface area contributed by atoms with Crippen molar-refractivity contribution < 1.29 is 4.79 Å². The van der Waals surface area contributed by atoms with Gasteiger partial charge in [0.2, 0.25) is 5.91 Å². The molecular weight excluding hydrogens is 342 g/mol. The summed E-state index contributed by atoms with van der Waals surface area (Å²) in [6.45, 7) is 5.59. The van der Waals surface area contributed by atoms with Gasteiger partial charge >= 0.3 is 0 Å². The fourth-order valence-electron chi connectivity index (χ4n) is 3.76. The van der Waals surface area contributed by atoms with E-state index in [-0.39, 0.29) is 18.4 Å². The number of imidazole rings is 1. The van der Waals surface area contributed by atoms with Crippen molar-refractivity contribution in [3.05, 3.63) is 30.0 Å². The van der Waals surface area contributed by atoms with Crippen LogP contribution in [0.15, 0.2) is 18.5 Å². The smallest absolute Gasteiger partial charge is 0.244 e. The number of aryl methyl sites for hydroxylation is 2. The highest BCUT2D eigenvalue weighted by Gasteiger charge is 2.27. The number of rotatable bonds is 7. The number of nitrogens with two attached hydrogens (primary N) is 1. The number of hydrogen-bond acceptors (Lipinski definition) is 5. The number of carbonyl (C=O) groups is 1. The molecule has 0 aliphatic carbocycles. The van der Waals surface area contributed by atoms with E-state index < -0.39 is 0 Å². The number of nitrogens with zero attached hydrogens (tertiary/aromatic N) is 6. The molecule has 0 aromatic carbocycles. The molecule has 1 atom stereocenters. The Hall–Kier alpha value is -2.35. The van der Waals surface area contributed by atoms with E-state index in [1.54, 1.807) is 10.7 Å². The summed E-state index contributed by atoms with van der Waals surface area (Å²) >= 11 is 0. The average molecular weight is 374 g/mol. The molecule has 27 heavy (non-hydrogen) atoms. The van der Waals surface area contributed by atoms with Crippen molar-refractivity contribution in [2.24, 2.45) is 0 Å². The predicted octanol–water partition coefficient (Wildman–Crippen LogP) is 1.33. The lowest BCUT2D eigenvalue weighted by Crippen LogP contribution is -2.41. The van der Waals surface area contributed by atoms with Crippen LogP contribution in [0.4, 0.5) is 5.82 Å². The summed E-state index contributed by atoms with van der Waals surface area (Å²) in [5.41, 5.74) is 6.75. The standard InChI is InChI=1S/C19H31N7O/c1-15-12-17(20)26(22-15)14-18(27)25-9-4-6-16(13-25)19-21-7-11-24(19)10-5-8-23(2)3/h7,11-12,16H,4-6,8-10,13-14,20H2,1-3H3. The molecule has 1 saturated heterocycles. The van der Waals surface area contributed by atoms with Gasteiger partial charge in [-0.2, -0.15) is 5.10 Å². The molecule has 8 heteroatoms. The van der Waals surface area contributed by atoms with Crippen molar-refractivity contribution >= 4 is 11.7 Å². The molecule has 3 heterocycles. The minimum Gasteiger partial charge on any atom is -0.384 e. The van der Waals surface area contributed by atoms with Gasteiger partial charge in [-0.15, -0.1) is 0 Å². The average Bonchev–Trinajstić information content (AvgIpc) is 3.21. The van der Waals surface area contributed by atoms with E-state index in [1.807, 2.05) is 18.0 Å². The van der Waals surface area contributed by atoms with Gasteiger partial charge in [-0.05, 0) is 46.8 Å². The molecular formula is C19H31N7O. The number of likely N-dealkylation sites (tertiary alicyclic amines) is 1. The lowest BCUT2D eigenvalue weighted by molar-refractivity contribution is -0.133. The lowest BCUT2D eigenvalue weighted by atomic mass is 9.97. The molecule has 0 spiro atoms. The van der Waals surface area contributed by atoms with Crippen molar-refractivity contribution in [3.8, 4) is 0 Å². The summed E-state index contributed by atoms with van der Waals surface area (Å²) in [5.74, 6) is 1.99. The third kappa shape index (κ3) is 4.88. The molecule has 2 aromatic heterocycles. The molecule has 2 N–H and O–H groups in total. The van der Waals surface area contributed by atoms with Crippen LogP contribution in [0.2, 0.25) is 0 Å². The molecule has 1 aliphatic rings. The molecule has 8 nitrogen and oxygen atoms in total. The number of aromatic nitrogens is 4. The Morgan fingerprint density at radius 3 is 2.93 bits per heavy atom. The fourth-order valence-corrected chi connectivity index (χ4v) is 3.76. The molecule has 148 valence electrons. The van der Waals surface area contributed by atoms with Gasteiger partial charge in [0.15, 0.2) is 0 Å². The Bertz CT molecular complexity index is 764. The second-order valence-electron chi connectivity index (χ2n) is 7.68. The van der Waals surface area contributed by atoms with E-state index in [9.17, 15) is 4.79 Å². The molecule has 0 radical (unpaired) electrons. The second-order valence-corrected chi connectivity index (χ2v) is 7.68. The molecule has 1 fully saturated rings. The van der Waals surface area contributed by atoms with Crippen LogP contribution in [0.25, 0.3) is 0 Å². The highest BCUT2D eigenvalue weighted by atomic mass is 16.2. The van der Waals surface area contributed by atoms with Crippen LogP contribution in [0.3, 0.4) is 0 Å². The van der Waals surface area contributed by atoms with Crippen molar-refractivity contribution in [1.82, 2.24) is 29.1 Å². The van der Waals surface area contributed by atoms with Crippen LogP contribution < -0.4 is 5.73 Å². The Labute approximate surface area is 160 Å². The summed E-state index contributed by atoms with van der Waals surface area (Å²) in [5, 5.41) is 4.30. The van der Waals surface area contributed by atoms with Crippen molar-refractivity contribution in [3.63, 3.8) is 0 Å². The third-order valence-electron chi connectivity index (χ3n) is 5.11. The topological polar surface area (TPSA) is 85.2 Å². The largest absolute Gasteiger partial charge is 0.384 e. The van der Waals surface area contributed by atoms with Crippen LogP contribution in [0.1, 0.15) is 36.7 Å². The monoisotopic (exact) mass is 373 g/mol. The van der Waals surface area contributed by atoms with E-state index in [1.165, 1.54) is 0 Å². The molecule has 0 bridgehead atoms. The first-order chi connectivity index (χ1) is 12.9. The van der Waals surface area contributed by atoms with Gasteiger partial charge in [-0.3, -0.25) is 4.79 Å². The van der Waals surface area contributed by atoms with Gasteiger partial charge in [0.25, 0.3) is 0 Å². The lowest BCUT2D eigenvalue weighted by Gasteiger charge is -2.33. The number of anilines is 1. The zero-order chi connectivity index (χ0) is 19.4. The first-order valence-corrected chi connectivity index (χ1v) is 9.67. The van der Waals surface area contributed by atoms with Crippen LogP contribution in [0.5, 0.6) is 0 Å². The fraction of sp³-hybridized carbons (Fsp3) is 0.632. The Balaban J connectivity index is 1.62. The summed E-state index contributed by atoms with van der Waals surface area (Å²) in [6, 6.07) is 1.79. The summed E-state index contributed by atoms with van der Waals surface area (Å²) < 4.78 is 3.83. The van der Waals surface area contributed by atoms with Gasteiger partial charge in [-0.1, -0.05) is 0 Å². The quantitative estimate of drug-likeness (QED) is 0.791. The van der Waals surface area contributed by atoms with Gasteiger partial charge < -0.3 is 20.1 Å². The SMILES string of the molecule is Cc1cc(N)n(CC(=O)N2CCCC(c3nccn3CCCN(C)C)C2)n1. The van der Waals surface area contributed by atoms with Crippen molar-refractivity contribution in [1.29, 1.82) is 0 Å². The van der Waals surface area contributed by atoms with Crippen LogP contribution >= 0.6 is 0 Å². The van der Waals surface area contributed by atoms with Gasteiger partial charge in [-0.25, -0.2) is 9.67 Å². The molecule has 3 rings (SSSR count). The van der Waals surface area contributed by atoms with E-state index in [0.717, 1.165) is 50.4 Å². The van der Waals surface area contributed by atoms with Crippen LogP contribution in [-0.4, -0.2) is 68.8 Å². The number of amides is 1. The number of nitrogen functional groups attached to an aromatic ring is 1. The Morgan fingerprint density at radius 1 is 1.41 bits per heavy atom. The predicted molar refractivity (Wildman–Crippen MR) is 105 cm³/mol. The Kier molecular flexibility index (Phi) is 6.15. The van der Waals surface area contributed by atoms with Gasteiger partial charge in [0.1, 0.15) is 18.2 Å². The zero-order valence-corrected chi connectivity index (χ0v) is 16.6. The minimum absolute atomic E-state index is 0.0696. The zero-order valence-electron chi connectivity index (χ0n) is 16.6. The van der Waals surface area contributed by atoms with Crippen molar-refractivity contribution in [2.45, 2.75) is 45.2 Å². The first kappa shape index (κ1) is 19.4. The van der Waals surface area contributed by atoms with E-state index in [0.29, 0.717) is 12.4 Å². The maximum Gasteiger partial charge on any atom is 0.244 e. The molecule has 2 aromatic rings. The summed E-state index contributed by atoms with van der Waals surface area (Å²) in [4.78, 5) is 21.5. The Morgan fingerprint density at radius 2 is 2.22 bits per heavy atom. The molecule has 1 amide bonds. The first-order valence-electron chi connectivity index (χ1n) is 9.67. The maximum atomic E-state index is 12.8. The van der Waals surface area contributed by atoms with E-state index in [2.05, 4.69) is 39.8 Å². The summed E-state index contributed by atoms with van der Waals surface area (Å²) in [6.07, 6.45) is 7.08. The molecule has 1 aliphatic heterocycles. The highest BCUT2D eigenvalue weighted by molar-refractivity contribution is 5.76. The second kappa shape index (κ2) is 8.56. The third-order valence-corrected chi connectivity index (χ3v) is 5.11. The number of carbonyl (C=O) groups excluding carboxylic acids is 1. The van der Waals surface area contributed by atoms with E-state index in [4.69, 9.17) is 5.73 Å². The number of piperidine rings is 1. The summed E-state index contributed by atoms with van der Waals surface area (Å²) in [7, 11) is 4.18. The molecule has 1 unspecified atom stereocenters. The van der Waals surface area contributed by atoms with Crippen LogP contribution in [-0.2, 0) is 17.9 Å². The van der Waals surface area contributed by atoms with Gasteiger partial charge in [0.05, 0.1) is 5.69 Å². The molecule has 0 saturated carbocycles. The number of hydrogen-bond donors (Lipinski definition) is 1. The maximum absolute atomic E-state index is 12.8. The van der Waals surface area contributed by atoms with Crippen LogP contribution in [0, 0.1) is 6.92 Å². The highest BCUT2D eigenvalue weighted by Crippen LogP contribution is 2.26.